The minimum Gasteiger partial charge on any atom is -0.350 e. The number of hydrogen-bond donors (Lipinski definition) is 1. The fourth-order valence-corrected chi connectivity index (χ4v) is 2.38. The van der Waals surface area contributed by atoms with E-state index in [4.69, 9.17) is 0 Å². The van der Waals surface area contributed by atoms with E-state index in [-0.39, 0.29) is 0 Å². The normalized spacial score (nSPS) is 12.8. The van der Waals surface area contributed by atoms with Crippen LogP contribution in [0.15, 0.2) is 24.5 Å². The highest BCUT2D eigenvalue weighted by molar-refractivity contribution is 5.20. The lowest BCUT2D eigenvalue weighted by Gasteiger charge is -2.15. The predicted molar refractivity (Wildman–Crippen MR) is 77.9 cm³/mol. The van der Waals surface area contributed by atoms with E-state index in [1.165, 1.54) is 23.4 Å². The van der Waals surface area contributed by atoms with Gasteiger partial charge in [0.05, 0.1) is 6.20 Å². The Hall–Kier alpha value is -1.55. The van der Waals surface area contributed by atoms with Crippen LogP contribution in [0.25, 0.3) is 0 Å². The van der Waals surface area contributed by atoms with Crippen molar-refractivity contribution in [3.05, 3.63) is 41.5 Å². The van der Waals surface area contributed by atoms with Crippen molar-refractivity contribution in [1.29, 1.82) is 0 Å². The first-order valence-corrected chi connectivity index (χ1v) is 6.99. The van der Waals surface area contributed by atoms with Crippen LogP contribution in [-0.2, 0) is 20.1 Å². The maximum atomic E-state index is 4.30. The lowest BCUT2D eigenvalue weighted by atomic mass is 10.1. The Morgan fingerprint density at radius 2 is 2.21 bits per heavy atom. The Morgan fingerprint density at radius 1 is 1.42 bits per heavy atom. The van der Waals surface area contributed by atoms with E-state index in [9.17, 15) is 0 Å². The molecule has 0 saturated heterocycles. The summed E-state index contributed by atoms with van der Waals surface area (Å²) in [5.41, 5.74) is 3.84. The smallest absolute Gasteiger partial charge is 0.0540 e. The quantitative estimate of drug-likeness (QED) is 0.866. The molecular weight excluding hydrogens is 236 g/mol. The van der Waals surface area contributed by atoms with Crippen molar-refractivity contribution in [3.63, 3.8) is 0 Å². The number of nitrogens with one attached hydrogen (secondary N) is 1. The summed E-state index contributed by atoms with van der Waals surface area (Å²) < 4.78 is 4.24. The Bertz CT molecular complexity index is 524. The van der Waals surface area contributed by atoms with Gasteiger partial charge in [-0.3, -0.25) is 4.68 Å². The Balaban J connectivity index is 1.98. The highest BCUT2D eigenvalue weighted by Gasteiger charge is 2.12. The molecule has 0 radical (unpaired) electrons. The van der Waals surface area contributed by atoms with Crippen molar-refractivity contribution in [2.75, 3.05) is 0 Å². The van der Waals surface area contributed by atoms with Crippen LogP contribution in [0, 0.1) is 6.92 Å². The van der Waals surface area contributed by atoms with E-state index in [0.29, 0.717) is 6.04 Å². The van der Waals surface area contributed by atoms with Crippen molar-refractivity contribution in [2.45, 2.75) is 46.3 Å². The number of aromatic nitrogens is 3. The van der Waals surface area contributed by atoms with Gasteiger partial charge in [0.25, 0.3) is 0 Å². The summed E-state index contributed by atoms with van der Waals surface area (Å²) in [4.78, 5) is 0. The fourth-order valence-electron chi connectivity index (χ4n) is 2.38. The van der Waals surface area contributed by atoms with E-state index in [1.54, 1.807) is 0 Å². The molecule has 0 aromatic carbocycles. The van der Waals surface area contributed by atoms with Crippen LogP contribution in [0.5, 0.6) is 0 Å². The van der Waals surface area contributed by atoms with Crippen molar-refractivity contribution < 1.29 is 0 Å². The van der Waals surface area contributed by atoms with Gasteiger partial charge in [-0.05, 0) is 32.4 Å². The minimum absolute atomic E-state index is 0.318. The zero-order valence-corrected chi connectivity index (χ0v) is 12.3. The number of aryl methyl sites for hydroxylation is 2. The molecule has 4 nitrogen and oxygen atoms in total. The lowest BCUT2D eigenvalue weighted by molar-refractivity contribution is 0.539. The van der Waals surface area contributed by atoms with Gasteiger partial charge in [-0.1, -0.05) is 6.92 Å². The zero-order chi connectivity index (χ0) is 13.8. The number of rotatable bonds is 6. The monoisotopic (exact) mass is 260 g/mol. The van der Waals surface area contributed by atoms with E-state index in [1.807, 2.05) is 17.9 Å². The Morgan fingerprint density at radius 3 is 2.84 bits per heavy atom. The second-order valence-corrected chi connectivity index (χ2v) is 5.10. The third kappa shape index (κ3) is 3.07. The molecule has 1 atom stereocenters. The maximum Gasteiger partial charge on any atom is 0.0540 e. The van der Waals surface area contributed by atoms with Crippen LogP contribution < -0.4 is 5.32 Å². The van der Waals surface area contributed by atoms with Crippen LogP contribution in [0.4, 0.5) is 0 Å². The molecule has 1 unspecified atom stereocenters. The van der Waals surface area contributed by atoms with Gasteiger partial charge >= 0.3 is 0 Å². The summed E-state index contributed by atoms with van der Waals surface area (Å²) in [5.74, 6) is 0. The zero-order valence-electron chi connectivity index (χ0n) is 12.3. The summed E-state index contributed by atoms with van der Waals surface area (Å²) in [6.45, 7) is 8.49. The third-order valence-electron chi connectivity index (χ3n) is 3.72. The molecule has 0 fully saturated rings. The van der Waals surface area contributed by atoms with Gasteiger partial charge in [-0.25, -0.2) is 0 Å². The second kappa shape index (κ2) is 6.06. The largest absolute Gasteiger partial charge is 0.350 e. The van der Waals surface area contributed by atoms with Gasteiger partial charge in [0.2, 0.25) is 0 Å². The molecule has 2 heterocycles. The molecule has 0 saturated carbocycles. The summed E-state index contributed by atoms with van der Waals surface area (Å²) in [6.07, 6.45) is 5.28. The average Bonchev–Trinajstić information content (AvgIpc) is 2.96. The van der Waals surface area contributed by atoms with Crippen LogP contribution >= 0.6 is 0 Å². The highest BCUT2D eigenvalue weighted by atomic mass is 15.3. The summed E-state index contributed by atoms with van der Waals surface area (Å²) in [5, 5.41) is 7.88. The third-order valence-corrected chi connectivity index (χ3v) is 3.72. The summed E-state index contributed by atoms with van der Waals surface area (Å²) >= 11 is 0. The van der Waals surface area contributed by atoms with E-state index < -0.39 is 0 Å². The summed E-state index contributed by atoms with van der Waals surface area (Å²) in [6, 6.07) is 4.62. The van der Waals surface area contributed by atoms with Gasteiger partial charge in [0.1, 0.15) is 0 Å². The Kier molecular flexibility index (Phi) is 4.43. The van der Waals surface area contributed by atoms with E-state index in [0.717, 1.165) is 13.1 Å². The van der Waals surface area contributed by atoms with Crippen LogP contribution in [0.2, 0.25) is 0 Å². The van der Waals surface area contributed by atoms with Crippen molar-refractivity contribution in [3.8, 4) is 0 Å². The molecule has 2 aromatic heterocycles. The van der Waals surface area contributed by atoms with Crippen molar-refractivity contribution in [2.24, 2.45) is 7.05 Å². The predicted octanol–water partition coefficient (Wildman–Crippen LogP) is 2.79. The molecule has 1 N–H and O–H groups in total. The first kappa shape index (κ1) is 13.9. The molecular formula is C15H24N4. The van der Waals surface area contributed by atoms with E-state index >= 15 is 0 Å². The average molecular weight is 260 g/mol. The van der Waals surface area contributed by atoms with Crippen LogP contribution in [0.3, 0.4) is 0 Å². The van der Waals surface area contributed by atoms with E-state index in [2.05, 4.69) is 54.1 Å². The molecule has 0 bridgehead atoms. The fraction of sp³-hybridized carbons (Fsp3) is 0.533. The van der Waals surface area contributed by atoms with Gasteiger partial charge in [-0.15, -0.1) is 0 Å². The Labute approximate surface area is 115 Å². The molecule has 0 spiro atoms. The van der Waals surface area contributed by atoms with Crippen LogP contribution in [-0.4, -0.2) is 14.3 Å². The maximum absolute atomic E-state index is 4.30. The SMILES string of the molecule is CCCn1cccc1CNC(C)c1cnn(C)c1C. The number of nitrogens with zero attached hydrogens (tertiary/aromatic N) is 3. The molecule has 0 aliphatic carbocycles. The second-order valence-electron chi connectivity index (χ2n) is 5.10. The molecule has 4 heteroatoms. The molecule has 0 aliphatic rings. The molecule has 19 heavy (non-hydrogen) atoms. The lowest BCUT2D eigenvalue weighted by Crippen LogP contribution is -2.20. The van der Waals surface area contributed by atoms with Gasteiger partial charge in [0, 0.05) is 49.3 Å². The topological polar surface area (TPSA) is 34.8 Å². The van der Waals surface area contributed by atoms with Gasteiger partial charge in [-0.2, -0.15) is 5.10 Å². The van der Waals surface area contributed by atoms with Crippen molar-refractivity contribution in [1.82, 2.24) is 19.7 Å². The van der Waals surface area contributed by atoms with Crippen LogP contribution in [0.1, 0.15) is 43.3 Å². The standard InChI is InChI=1S/C15H24N4/c1-5-8-19-9-6-7-14(19)10-16-12(2)15-11-17-18(4)13(15)3/h6-7,9,11-12,16H,5,8,10H2,1-4H3. The highest BCUT2D eigenvalue weighted by Crippen LogP contribution is 2.16. The molecule has 0 amide bonds. The molecule has 104 valence electrons. The molecule has 2 rings (SSSR count). The first-order valence-electron chi connectivity index (χ1n) is 6.99. The summed E-state index contributed by atoms with van der Waals surface area (Å²) in [7, 11) is 1.98. The minimum atomic E-state index is 0.318. The molecule has 2 aromatic rings. The van der Waals surface area contributed by atoms with Gasteiger partial charge in [0.15, 0.2) is 0 Å². The van der Waals surface area contributed by atoms with Gasteiger partial charge < -0.3 is 9.88 Å². The van der Waals surface area contributed by atoms with Crippen molar-refractivity contribution >= 4 is 0 Å². The first-order chi connectivity index (χ1) is 9.13. The number of hydrogen-bond acceptors (Lipinski definition) is 2. The molecule has 0 aliphatic heterocycles.